The summed E-state index contributed by atoms with van der Waals surface area (Å²) in [5, 5.41) is 0. The summed E-state index contributed by atoms with van der Waals surface area (Å²) in [5.41, 5.74) is 0. The largest absolute Gasteiger partial charge is 0.376 e. The zero-order valence-corrected chi connectivity index (χ0v) is 10.2. The molecule has 2 aliphatic carbocycles. The lowest BCUT2D eigenvalue weighted by atomic mass is 9.85. The molecule has 2 aliphatic heterocycles. The number of hydrogen-bond acceptors (Lipinski definition) is 3. The molecule has 0 aromatic heterocycles. The Bertz CT molecular complexity index is 408. The van der Waals surface area contributed by atoms with E-state index < -0.39 is 0 Å². The second-order valence-corrected chi connectivity index (χ2v) is 5.92. The Morgan fingerprint density at radius 2 is 1.83 bits per heavy atom. The maximum absolute atomic E-state index is 12.4. The first-order chi connectivity index (χ1) is 8.75. The normalized spacial score (nSPS) is 45.3. The van der Waals surface area contributed by atoms with Crippen molar-refractivity contribution in [3.8, 4) is 0 Å². The number of amides is 2. The molecule has 0 radical (unpaired) electrons. The number of carbonyl (C=O) groups excluding carboxylic acids is 2. The van der Waals surface area contributed by atoms with E-state index in [2.05, 4.69) is 12.2 Å². The van der Waals surface area contributed by atoms with Gasteiger partial charge in [0.25, 0.3) is 0 Å². The third-order valence-corrected chi connectivity index (χ3v) is 4.97. The van der Waals surface area contributed by atoms with Crippen molar-refractivity contribution in [2.75, 3.05) is 13.2 Å². The molecule has 2 saturated heterocycles. The molecule has 96 valence electrons. The number of allylic oxidation sites excluding steroid dienone is 2. The predicted molar refractivity (Wildman–Crippen MR) is 63.4 cm³/mol. The van der Waals surface area contributed by atoms with Crippen LogP contribution in [0.15, 0.2) is 12.2 Å². The molecule has 4 aliphatic rings. The minimum atomic E-state index is -0.0612. The van der Waals surface area contributed by atoms with E-state index in [9.17, 15) is 9.59 Å². The van der Waals surface area contributed by atoms with E-state index in [1.54, 1.807) is 0 Å². The van der Waals surface area contributed by atoms with Gasteiger partial charge in [0.2, 0.25) is 11.8 Å². The van der Waals surface area contributed by atoms with Crippen molar-refractivity contribution in [1.29, 1.82) is 0 Å². The van der Waals surface area contributed by atoms with Crippen LogP contribution in [0.25, 0.3) is 0 Å². The standard InChI is InChI=1S/C14H17NO3/c16-13-11-8-3-4-9(6-8)12(11)14(17)15(13)7-10-2-1-5-18-10/h3-4,8-12H,1-2,5-7H2/t8?,9?,10?,11-,12+. The van der Waals surface area contributed by atoms with E-state index in [4.69, 9.17) is 4.74 Å². The monoisotopic (exact) mass is 247 g/mol. The Kier molecular flexibility index (Phi) is 2.19. The summed E-state index contributed by atoms with van der Waals surface area (Å²) < 4.78 is 5.54. The van der Waals surface area contributed by atoms with Crippen LogP contribution in [0.2, 0.25) is 0 Å². The van der Waals surface area contributed by atoms with Crippen LogP contribution in [0, 0.1) is 23.7 Å². The van der Waals surface area contributed by atoms with Gasteiger partial charge < -0.3 is 4.74 Å². The summed E-state index contributed by atoms with van der Waals surface area (Å²) in [6.07, 6.45) is 7.35. The molecule has 2 heterocycles. The van der Waals surface area contributed by atoms with Crippen LogP contribution in [0.5, 0.6) is 0 Å². The third kappa shape index (κ3) is 1.30. The van der Waals surface area contributed by atoms with Gasteiger partial charge in [0.15, 0.2) is 0 Å². The van der Waals surface area contributed by atoms with Crippen LogP contribution in [0.1, 0.15) is 19.3 Å². The molecule has 3 unspecified atom stereocenters. The minimum Gasteiger partial charge on any atom is -0.376 e. The quantitative estimate of drug-likeness (QED) is 0.539. The highest BCUT2D eigenvalue weighted by Crippen LogP contribution is 2.52. The molecular weight excluding hydrogens is 230 g/mol. The van der Waals surface area contributed by atoms with Crippen molar-refractivity contribution in [3.63, 3.8) is 0 Å². The zero-order chi connectivity index (χ0) is 12.3. The van der Waals surface area contributed by atoms with Crippen molar-refractivity contribution in [1.82, 2.24) is 4.90 Å². The maximum Gasteiger partial charge on any atom is 0.233 e. The Labute approximate surface area is 106 Å². The summed E-state index contributed by atoms with van der Waals surface area (Å²) in [6, 6.07) is 0. The lowest BCUT2D eigenvalue weighted by Gasteiger charge is -2.20. The van der Waals surface area contributed by atoms with Crippen LogP contribution in [0.3, 0.4) is 0 Å². The van der Waals surface area contributed by atoms with E-state index >= 15 is 0 Å². The molecule has 4 rings (SSSR count). The number of nitrogens with zero attached hydrogens (tertiary/aromatic N) is 1. The topological polar surface area (TPSA) is 46.6 Å². The molecule has 0 spiro atoms. The molecule has 0 aromatic rings. The first-order valence-corrected chi connectivity index (χ1v) is 6.91. The average Bonchev–Trinajstić information content (AvgIpc) is 3.10. The Morgan fingerprint density at radius 1 is 1.17 bits per heavy atom. The molecular formula is C14H17NO3. The Hall–Kier alpha value is -1.16. The molecule has 18 heavy (non-hydrogen) atoms. The van der Waals surface area contributed by atoms with Gasteiger partial charge in [0.05, 0.1) is 24.5 Å². The van der Waals surface area contributed by atoms with E-state index in [1.165, 1.54) is 4.90 Å². The van der Waals surface area contributed by atoms with Crippen LogP contribution >= 0.6 is 0 Å². The fourth-order valence-corrected chi connectivity index (χ4v) is 4.14. The van der Waals surface area contributed by atoms with Gasteiger partial charge in [-0.2, -0.15) is 0 Å². The molecule has 4 heteroatoms. The molecule has 2 amide bonds. The van der Waals surface area contributed by atoms with Gasteiger partial charge in [-0.15, -0.1) is 0 Å². The summed E-state index contributed by atoms with van der Waals surface area (Å²) in [5.74, 6) is 0.606. The van der Waals surface area contributed by atoms with Gasteiger partial charge in [0, 0.05) is 6.61 Å². The van der Waals surface area contributed by atoms with Crippen molar-refractivity contribution >= 4 is 11.8 Å². The number of rotatable bonds is 2. The second kappa shape index (κ2) is 3.67. The van der Waals surface area contributed by atoms with Crippen LogP contribution < -0.4 is 0 Å². The van der Waals surface area contributed by atoms with E-state index in [0.29, 0.717) is 18.4 Å². The number of imide groups is 1. The molecule has 0 aromatic carbocycles. The molecule has 5 atom stereocenters. The summed E-state index contributed by atoms with van der Waals surface area (Å²) in [7, 11) is 0. The molecule has 0 N–H and O–H groups in total. The van der Waals surface area contributed by atoms with Gasteiger partial charge >= 0.3 is 0 Å². The lowest BCUT2D eigenvalue weighted by Crippen LogP contribution is -2.38. The Morgan fingerprint density at radius 3 is 2.39 bits per heavy atom. The van der Waals surface area contributed by atoms with E-state index in [1.807, 2.05) is 0 Å². The molecule has 2 bridgehead atoms. The fraction of sp³-hybridized carbons (Fsp3) is 0.714. The smallest absolute Gasteiger partial charge is 0.233 e. The van der Waals surface area contributed by atoms with Crippen molar-refractivity contribution in [2.45, 2.75) is 25.4 Å². The number of carbonyl (C=O) groups is 2. The van der Waals surface area contributed by atoms with Gasteiger partial charge in [-0.25, -0.2) is 0 Å². The highest BCUT2D eigenvalue weighted by molar-refractivity contribution is 6.06. The van der Waals surface area contributed by atoms with Crippen molar-refractivity contribution in [2.24, 2.45) is 23.7 Å². The summed E-state index contributed by atoms with van der Waals surface area (Å²) in [4.78, 5) is 26.3. The van der Waals surface area contributed by atoms with E-state index in [0.717, 1.165) is 25.9 Å². The molecule has 1 saturated carbocycles. The van der Waals surface area contributed by atoms with E-state index in [-0.39, 0.29) is 29.8 Å². The van der Waals surface area contributed by atoms with Crippen LogP contribution in [-0.4, -0.2) is 36.0 Å². The third-order valence-electron chi connectivity index (χ3n) is 4.97. The highest BCUT2D eigenvalue weighted by atomic mass is 16.5. The van der Waals surface area contributed by atoms with Crippen molar-refractivity contribution in [3.05, 3.63) is 12.2 Å². The zero-order valence-electron chi connectivity index (χ0n) is 10.2. The number of ether oxygens (including phenoxy) is 1. The summed E-state index contributed by atoms with van der Waals surface area (Å²) in [6.45, 7) is 1.24. The van der Waals surface area contributed by atoms with Crippen LogP contribution in [0.4, 0.5) is 0 Å². The predicted octanol–water partition coefficient (Wildman–Crippen LogP) is 0.972. The summed E-state index contributed by atoms with van der Waals surface area (Å²) >= 11 is 0. The van der Waals surface area contributed by atoms with Gasteiger partial charge in [-0.05, 0) is 31.1 Å². The SMILES string of the molecule is O=C1[C@@H]2C3C=CC(C3)[C@@H]2C(=O)N1CC1CCCO1. The fourth-order valence-electron chi connectivity index (χ4n) is 4.14. The Balaban J connectivity index is 1.56. The minimum absolute atomic E-state index is 0.0531. The van der Waals surface area contributed by atoms with Gasteiger partial charge in [-0.1, -0.05) is 12.2 Å². The second-order valence-electron chi connectivity index (χ2n) is 5.92. The molecule has 3 fully saturated rings. The molecule has 4 nitrogen and oxygen atoms in total. The lowest BCUT2D eigenvalue weighted by molar-refractivity contribution is -0.142. The number of hydrogen-bond donors (Lipinski definition) is 0. The van der Waals surface area contributed by atoms with Gasteiger partial charge in [-0.3, -0.25) is 14.5 Å². The maximum atomic E-state index is 12.4. The first-order valence-electron chi connectivity index (χ1n) is 6.91. The first kappa shape index (κ1) is 10.7. The number of likely N-dealkylation sites (tertiary alicyclic amines) is 1. The van der Waals surface area contributed by atoms with Crippen LogP contribution in [-0.2, 0) is 14.3 Å². The highest BCUT2D eigenvalue weighted by Gasteiger charge is 2.59. The average molecular weight is 247 g/mol. The number of fused-ring (bicyclic) bond motifs is 5. The van der Waals surface area contributed by atoms with Crippen molar-refractivity contribution < 1.29 is 14.3 Å². The van der Waals surface area contributed by atoms with Gasteiger partial charge in [0.1, 0.15) is 0 Å².